The number of thioether (sulfide) groups is 1. The van der Waals surface area contributed by atoms with Crippen molar-refractivity contribution in [3.05, 3.63) is 23.8 Å². The maximum atomic E-state index is 6.28. The molecule has 1 saturated carbocycles. The molecule has 0 aromatic heterocycles. The Morgan fingerprint density at radius 2 is 2.08 bits per heavy atom. The van der Waals surface area contributed by atoms with Crippen LogP contribution in [0, 0.1) is 0 Å². The van der Waals surface area contributed by atoms with Crippen LogP contribution < -0.4 is 20.1 Å². The smallest absolute Gasteiger partial charge is 0.191 e. The number of nitrogens with zero attached hydrogens (tertiary/aromatic N) is 1. The van der Waals surface area contributed by atoms with Gasteiger partial charge in [-0.25, -0.2) is 4.99 Å². The first-order valence-corrected chi connectivity index (χ1v) is 10.5. The van der Waals surface area contributed by atoms with Gasteiger partial charge in [0.15, 0.2) is 17.5 Å². The van der Waals surface area contributed by atoms with Gasteiger partial charge in [0.25, 0.3) is 0 Å². The predicted octanol–water partition coefficient (Wildman–Crippen LogP) is 3.43. The molecule has 0 saturated heterocycles. The maximum absolute atomic E-state index is 6.28. The molecule has 140 valence electrons. The first-order valence-electron chi connectivity index (χ1n) is 9.12. The lowest BCUT2D eigenvalue weighted by Gasteiger charge is -2.19. The van der Waals surface area contributed by atoms with Crippen molar-refractivity contribution in [3.63, 3.8) is 0 Å². The fourth-order valence-electron chi connectivity index (χ4n) is 2.93. The van der Waals surface area contributed by atoms with Gasteiger partial charge in [0.1, 0.15) is 0 Å². The average molecular weight is 366 g/mol. The molecule has 1 aromatic rings. The summed E-state index contributed by atoms with van der Waals surface area (Å²) in [7, 11) is 1.69. The van der Waals surface area contributed by atoms with E-state index >= 15 is 0 Å². The summed E-state index contributed by atoms with van der Waals surface area (Å²) < 4.78 is 11.8. The van der Waals surface area contributed by atoms with Crippen molar-refractivity contribution < 1.29 is 9.47 Å². The molecule has 6 heteroatoms. The van der Waals surface area contributed by atoms with Crippen LogP contribution >= 0.6 is 11.8 Å². The lowest BCUT2D eigenvalue weighted by molar-refractivity contribution is 0.198. The second-order valence-electron chi connectivity index (χ2n) is 6.09. The highest BCUT2D eigenvalue weighted by Crippen LogP contribution is 2.35. The summed E-state index contributed by atoms with van der Waals surface area (Å²) >= 11 is 1.82. The summed E-state index contributed by atoms with van der Waals surface area (Å²) in [6, 6.07) is 6.03. The number of nitrogens with one attached hydrogen (secondary N) is 2. The summed E-state index contributed by atoms with van der Waals surface area (Å²) in [5, 5.41) is 6.65. The molecule has 0 bridgehead atoms. The Balaban J connectivity index is 2.11. The molecule has 0 atom stereocenters. The maximum Gasteiger partial charge on any atom is 0.191 e. The van der Waals surface area contributed by atoms with Gasteiger partial charge in [0.2, 0.25) is 0 Å². The topological polar surface area (TPSA) is 54.9 Å². The Labute approximate surface area is 156 Å². The first-order chi connectivity index (χ1) is 12.3. The summed E-state index contributed by atoms with van der Waals surface area (Å²) in [6.45, 7) is 4.38. The minimum atomic E-state index is 0.298. The third kappa shape index (κ3) is 6.34. The van der Waals surface area contributed by atoms with Crippen LogP contribution in [0.3, 0.4) is 0 Å². The van der Waals surface area contributed by atoms with Crippen molar-refractivity contribution in [1.82, 2.24) is 10.6 Å². The van der Waals surface area contributed by atoms with E-state index in [4.69, 9.17) is 14.5 Å². The number of benzene rings is 1. The van der Waals surface area contributed by atoms with E-state index < -0.39 is 0 Å². The molecule has 0 radical (unpaired) electrons. The molecule has 0 unspecified atom stereocenters. The molecule has 2 rings (SSSR count). The molecular weight excluding hydrogens is 334 g/mol. The van der Waals surface area contributed by atoms with Gasteiger partial charge in [0, 0.05) is 24.4 Å². The monoisotopic (exact) mass is 365 g/mol. The van der Waals surface area contributed by atoms with Crippen LogP contribution in [0.4, 0.5) is 0 Å². The number of guanidine groups is 1. The second kappa shape index (κ2) is 11.1. The number of aliphatic imine (C=N–C) groups is 1. The molecule has 1 aromatic carbocycles. The lowest BCUT2D eigenvalue weighted by Crippen LogP contribution is -2.38. The molecule has 0 spiro atoms. The molecule has 5 nitrogen and oxygen atoms in total. The van der Waals surface area contributed by atoms with Crippen LogP contribution in [0.1, 0.15) is 38.2 Å². The number of ether oxygens (including phenoxy) is 2. The summed E-state index contributed by atoms with van der Waals surface area (Å²) in [5.41, 5.74) is 1.06. The largest absolute Gasteiger partial charge is 0.493 e. The van der Waals surface area contributed by atoms with Crippen molar-refractivity contribution in [2.75, 3.05) is 32.2 Å². The number of para-hydroxylation sites is 1. The Morgan fingerprint density at radius 1 is 1.28 bits per heavy atom. The van der Waals surface area contributed by atoms with Crippen molar-refractivity contribution >= 4 is 17.7 Å². The normalized spacial score (nSPS) is 15.2. The van der Waals surface area contributed by atoms with E-state index in [-0.39, 0.29) is 0 Å². The molecule has 25 heavy (non-hydrogen) atoms. The van der Waals surface area contributed by atoms with E-state index in [0.717, 1.165) is 54.7 Å². The highest BCUT2D eigenvalue weighted by atomic mass is 32.2. The molecule has 0 amide bonds. The minimum absolute atomic E-state index is 0.298. The van der Waals surface area contributed by atoms with Gasteiger partial charge in [-0.15, -0.1) is 0 Å². The minimum Gasteiger partial charge on any atom is -0.493 e. The SMILES string of the molecule is CCNC(=NCc1cccc(OC)c1OC1CCCC1)NCCSC. The number of hydrogen-bond acceptors (Lipinski definition) is 4. The van der Waals surface area contributed by atoms with Crippen LogP contribution in [-0.2, 0) is 6.54 Å². The van der Waals surface area contributed by atoms with E-state index in [1.807, 2.05) is 23.9 Å². The zero-order valence-corrected chi connectivity index (χ0v) is 16.5. The van der Waals surface area contributed by atoms with Gasteiger partial charge < -0.3 is 20.1 Å². The lowest BCUT2D eigenvalue weighted by atomic mass is 10.1. The third-order valence-corrected chi connectivity index (χ3v) is 4.83. The van der Waals surface area contributed by atoms with Gasteiger partial charge in [-0.1, -0.05) is 12.1 Å². The van der Waals surface area contributed by atoms with Gasteiger partial charge >= 0.3 is 0 Å². The fourth-order valence-corrected chi connectivity index (χ4v) is 3.24. The van der Waals surface area contributed by atoms with E-state index in [2.05, 4.69) is 29.9 Å². The van der Waals surface area contributed by atoms with Crippen molar-refractivity contribution in [2.24, 2.45) is 4.99 Å². The van der Waals surface area contributed by atoms with Crippen LogP contribution in [0.5, 0.6) is 11.5 Å². The zero-order valence-electron chi connectivity index (χ0n) is 15.6. The zero-order chi connectivity index (χ0) is 17.9. The number of hydrogen-bond donors (Lipinski definition) is 2. The van der Waals surface area contributed by atoms with Crippen LogP contribution in [0.25, 0.3) is 0 Å². The van der Waals surface area contributed by atoms with Gasteiger partial charge in [-0.2, -0.15) is 11.8 Å². The summed E-state index contributed by atoms with van der Waals surface area (Å²) in [4.78, 5) is 4.72. The predicted molar refractivity (Wildman–Crippen MR) is 107 cm³/mol. The standard InChI is InChI=1S/C19H31N3O2S/c1-4-20-19(21-12-13-25-3)22-14-15-8-7-11-17(23-2)18(15)24-16-9-5-6-10-16/h7-8,11,16H,4-6,9-10,12-14H2,1-3H3,(H2,20,21,22). The van der Waals surface area contributed by atoms with E-state index in [1.54, 1.807) is 7.11 Å². The number of methoxy groups -OCH3 is 1. The van der Waals surface area contributed by atoms with E-state index in [1.165, 1.54) is 12.8 Å². The summed E-state index contributed by atoms with van der Waals surface area (Å²) in [5.74, 6) is 3.53. The van der Waals surface area contributed by atoms with Crippen LogP contribution in [0.15, 0.2) is 23.2 Å². The molecule has 1 aliphatic carbocycles. The molecular formula is C19H31N3O2S. The van der Waals surface area contributed by atoms with Crippen LogP contribution in [0.2, 0.25) is 0 Å². The average Bonchev–Trinajstić information content (AvgIpc) is 3.14. The van der Waals surface area contributed by atoms with Gasteiger partial charge in [-0.3, -0.25) is 0 Å². The Morgan fingerprint density at radius 3 is 2.76 bits per heavy atom. The third-order valence-electron chi connectivity index (χ3n) is 4.22. The molecule has 2 N–H and O–H groups in total. The van der Waals surface area contributed by atoms with Gasteiger partial charge in [0.05, 0.1) is 19.8 Å². The molecule has 0 heterocycles. The van der Waals surface area contributed by atoms with Gasteiger partial charge in [-0.05, 0) is 44.9 Å². The van der Waals surface area contributed by atoms with E-state index in [0.29, 0.717) is 12.6 Å². The highest BCUT2D eigenvalue weighted by Gasteiger charge is 2.20. The second-order valence-corrected chi connectivity index (χ2v) is 7.07. The first kappa shape index (κ1) is 19.8. The van der Waals surface area contributed by atoms with Crippen molar-refractivity contribution in [2.45, 2.75) is 45.3 Å². The highest BCUT2D eigenvalue weighted by molar-refractivity contribution is 7.98. The quantitative estimate of drug-likeness (QED) is 0.399. The Hall–Kier alpha value is -1.56. The number of rotatable bonds is 9. The van der Waals surface area contributed by atoms with Crippen molar-refractivity contribution in [1.29, 1.82) is 0 Å². The molecule has 1 fully saturated rings. The van der Waals surface area contributed by atoms with Crippen molar-refractivity contribution in [3.8, 4) is 11.5 Å². The Kier molecular flexibility index (Phi) is 8.80. The van der Waals surface area contributed by atoms with Crippen LogP contribution in [-0.4, -0.2) is 44.3 Å². The Bertz CT molecular complexity index is 545. The molecule has 0 aliphatic heterocycles. The molecule has 1 aliphatic rings. The van der Waals surface area contributed by atoms with E-state index in [9.17, 15) is 0 Å². The fraction of sp³-hybridized carbons (Fsp3) is 0.632. The summed E-state index contributed by atoms with van der Waals surface area (Å²) in [6.07, 6.45) is 7.15.